The van der Waals surface area contributed by atoms with E-state index in [1.807, 2.05) is 0 Å². The number of hydrogen-bond acceptors (Lipinski definition) is 5. The van der Waals surface area contributed by atoms with Gasteiger partial charge < -0.3 is 14.5 Å². The Bertz CT molecular complexity index is 409. The number of urea groups is 1. The smallest absolute Gasteiger partial charge is 0.327 e. The van der Waals surface area contributed by atoms with Gasteiger partial charge in [0.2, 0.25) is 5.91 Å². The summed E-state index contributed by atoms with van der Waals surface area (Å²) in [6.07, 6.45) is 0. The molecule has 1 rings (SSSR count). The minimum atomic E-state index is -0.550. The first-order valence-corrected chi connectivity index (χ1v) is 5.80. The third-order valence-electron chi connectivity index (χ3n) is 2.81. The molecular weight excluding hydrogens is 254 g/mol. The standard InChI is InChI=1S/C11H17N3O5/c1-4-13(7-10(17)19-3)8(15)6-14-9(16)5-12(2)11(14)18/h4-7H2,1-3H3. The van der Waals surface area contributed by atoms with Crippen molar-refractivity contribution in [2.75, 3.05) is 40.3 Å². The molecule has 0 aromatic carbocycles. The van der Waals surface area contributed by atoms with Crippen LogP contribution in [0.5, 0.6) is 0 Å². The van der Waals surface area contributed by atoms with Crippen LogP contribution in [0, 0.1) is 0 Å². The van der Waals surface area contributed by atoms with E-state index in [1.54, 1.807) is 6.92 Å². The highest BCUT2D eigenvalue weighted by molar-refractivity contribution is 6.04. The van der Waals surface area contributed by atoms with E-state index >= 15 is 0 Å². The third-order valence-corrected chi connectivity index (χ3v) is 2.81. The fraction of sp³-hybridized carbons (Fsp3) is 0.636. The Morgan fingerprint density at radius 3 is 2.42 bits per heavy atom. The highest BCUT2D eigenvalue weighted by atomic mass is 16.5. The molecule has 0 atom stereocenters. The van der Waals surface area contributed by atoms with E-state index in [0.29, 0.717) is 6.54 Å². The quantitative estimate of drug-likeness (QED) is 0.468. The van der Waals surface area contributed by atoms with Crippen LogP contribution >= 0.6 is 0 Å². The molecular formula is C11H17N3O5. The Morgan fingerprint density at radius 2 is 2.00 bits per heavy atom. The lowest BCUT2D eigenvalue weighted by Crippen LogP contribution is -2.45. The van der Waals surface area contributed by atoms with Gasteiger partial charge in [0, 0.05) is 13.6 Å². The zero-order valence-electron chi connectivity index (χ0n) is 11.2. The predicted octanol–water partition coefficient (Wildman–Crippen LogP) is -1.10. The normalized spacial score (nSPS) is 14.9. The average molecular weight is 271 g/mol. The van der Waals surface area contributed by atoms with Crippen LogP contribution in [0.15, 0.2) is 0 Å². The fourth-order valence-corrected chi connectivity index (χ4v) is 1.66. The predicted molar refractivity (Wildman–Crippen MR) is 64.0 cm³/mol. The van der Waals surface area contributed by atoms with Crippen LogP contribution in [0.25, 0.3) is 0 Å². The van der Waals surface area contributed by atoms with Crippen molar-refractivity contribution in [3.8, 4) is 0 Å². The van der Waals surface area contributed by atoms with Crippen molar-refractivity contribution < 1.29 is 23.9 Å². The lowest BCUT2D eigenvalue weighted by molar-refractivity contribution is -0.147. The molecule has 0 saturated carbocycles. The van der Waals surface area contributed by atoms with Crippen LogP contribution in [0.3, 0.4) is 0 Å². The number of amides is 4. The average Bonchev–Trinajstić information content (AvgIpc) is 2.62. The Labute approximate surface area is 110 Å². The summed E-state index contributed by atoms with van der Waals surface area (Å²) in [4.78, 5) is 49.5. The lowest BCUT2D eigenvalue weighted by Gasteiger charge is -2.22. The van der Waals surface area contributed by atoms with Crippen molar-refractivity contribution in [1.29, 1.82) is 0 Å². The third kappa shape index (κ3) is 3.43. The van der Waals surface area contributed by atoms with Crippen molar-refractivity contribution in [3.63, 3.8) is 0 Å². The van der Waals surface area contributed by atoms with Crippen molar-refractivity contribution in [3.05, 3.63) is 0 Å². The Hall–Kier alpha value is -2.12. The largest absolute Gasteiger partial charge is 0.468 e. The monoisotopic (exact) mass is 271 g/mol. The number of likely N-dealkylation sites (N-methyl/N-ethyl adjacent to an activating group) is 2. The highest BCUT2D eigenvalue weighted by Gasteiger charge is 2.35. The molecule has 8 nitrogen and oxygen atoms in total. The molecule has 4 amide bonds. The van der Waals surface area contributed by atoms with E-state index in [0.717, 1.165) is 4.90 Å². The maximum atomic E-state index is 11.9. The zero-order chi connectivity index (χ0) is 14.6. The number of hydrogen-bond donors (Lipinski definition) is 0. The molecule has 19 heavy (non-hydrogen) atoms. The Balaban J connectivity index is 2.65. The number of nitrogens with zero attached hydrogens (tertiary/aromatic N) is 3. The molecule has 0 aliphatic carbocycles. The number of methoxy groups -OCH3 is 1. The highest BCUT2D eigenvalue weighted by Crippen LogP contribution is 2.08. The van der Waals surface area contributed by atoms with E-state index in [1.165, 1.54) is 24.0 Å². The Morgan fingerprint density at radius 1 is 1.37 bits per heavy atom. The summed E-state index contributed by atoms with van der Waals surface area (Å²) >= 11 is 0. The number of rotatable bonds is 5. The van der Waals surface area contributed by atoms with Gasteiger partial charge in [0.25, 0.3) is 5.91 Å². The zero-order valence-corrected chi connectivity index (χ0v) is 11.2. The molecule has 8 heteroatoms. The summed E-state index contributed by atoms with van der Waals surface area (Å²) in [6, 6.07) is -0.507. The number of carbonyl (C=O) groups is 4. The summed E-state index contributed by atoms with van der Waals surface area (Å²) in [6.45, 7) is 1.40. The summed E-state index contributed by atoms with van der Waals surface area (Å²) in [7, 11) is 2.71. The van der Waals surface area contributed by atoms with E-state index in [-0.39, 0.29) is 19.6 Å². The van der Waals surface area contributed by atoms with Crippen LogP contribution in [0.4, 0.5) is 4.79 Å². The molecule has 0 aromatic heterocycles. The van der Waals surface area contributed by atoms with Crippen molar-refractivity contribution in [1.82, 2.24) is 14.7 Å². The minimum Gasteiger partial charge on any atom is -0.468 e. The first-order valence-electron chi connectivity index (χ1n) is 5.80. The van der Waals surface area contributed by atoms with Gasteiger partial charge in [-0.3, -0.25) is 19.3 Å². The number of imide groups is 1. The molecule has 0 radical (unpaired) electrons. The Kier molecular flexibility index (Phi) is 4.85. The molecule has 1 heterocycles. The molecule has 0 bridgehead atoms. The van der Waals surface area contributed by atoms with Crippen molar-refractivity contribution in [2.24, 2.45) is 0 Å². The van der Waals surface area contributed by atoms with Gasteiger partial charge in [0.05, 0.1) is 7.11 Å². The van der Waals surface area contributed by atoms with Crippen molar-refractivity contribution >= 4 is 23.8 Å². The molecule has 106 valence electrons. The van der Waals surface area contributed by atoms with E-state index in [9.17, 15) is 19.2 Å². The number of carbonyl (C=O) groups excluding carboxylic acids is 4. The second-order valence-corrected chi connectivity index (χ2v) is 4.10. The molecule has 0 spiro atoms. The fourth-order valence-electron chi connectivity index (χ4n) is 1.66. The summed E-state index contributed by atoms with van der Waals surface area (Å²) in [5, 5.41) is 0. The molecule has 1 fully saturated rings. The first kappa shape index (κ1) is 14.9. The van der Waals surface area contributed by atoms with Gasteiger partial charge in [-0.05, 0) is 6.92 Å². The number of esters is 1. The number of ether oxygens (including phenoxy) is 1. The van der Waals surface area contributed by atoms with Crippen LogP contribution in [0.1, 0.15) is 6.92 Å². The van der Waals surface area contributed by atoms with Gasteiger partial charge in [-0.2, -0.15) is 0 Å². The van der Waals surface area contributed by atoms with E-state index in [2.05, 4.69) is 4.74 Å². The second kappa shape index (κ2) is 6.17. The maximum Gasteiger partial charge on any atom is 0.327 e. The second-order valence-electron chi connectivity index (χ2n) is 4.10. The van der Waals surface area contributed by atoms with Crippen LogP contribution in [-0.4, -0.2) is 78.9 Å². The lowest BCUT2D eigenvalue weighted by atomic mass is 10.4. The van der Waals surface area contributed by atoms with E-state index in [4.69, 9.17) is 0 Å². The maximum absolute atomic E-state index is 11.9. The minimum absolute atomic E-state index is 0.0325. The SMILES string of the molecule is CCN(CC(=O)OC)C(=O)CN1C(=O)CN(C)C1=O. The van der Waals surface area contributed by atoms with Gasteiger partial charge in [0.1, 0.15) is 19.6 Å². The van der Waals surface area contributed by atoms with Crippen LogP contribution < -0.4 is 0 Å². The van der Waals surface area contributed by atoms with Crippen molar-refractivity contribution in [2.45, 2.75) is 6.92 Å². The molecule has 0 unspecified atom stereocenters. The van der Waals surface area contributed by atoms with Gasteiger partial charge in [0.15, 0.2) is 0 Å². The van der Waals surface area contributed by atoms with Crippen LogP contribution in [0.2, 0.25) is 0 Å². The molecule has 0 aromatic rings. The molecule has 1 aliphatic heterocycles. The first-order chi connectivity index (χ1) is 8.90. The topological polar surface area (TPSA) is 87.2 Å². The van der Waals surface area contributed by atoms with Gasteiger partial charge in [-0.1, -0.05) is 0 Å². The summed E-state index contributed by atoms with van der Waals surface area (Å²) in [5.41, 5.74) is 0. The van der Waals surface area contributed by atoms with Gasteiger partial charge >= 0.3 is 12.0 Å². The van der Waals surface area contributed by atoms with Gasteiger partial charge in [-0.25, -0.2) is 4.79 Å². The summed E-state index contributed by atoms with van der Waals surface area (Å²) in [5.74, 6) is -1.44. The molecule has 1 aliphatic rings. The molecule has 1 saturated heterocycles. The van der Waals surface area contributed by atoms with E-state index < -0.39 is 23.8 Å². The van der Waals surface area contributed by atoms with Crippen LogP contribution in [-0.2, 0) is 19.1 Å². The summed E-state index contributed by atoms with van der Waals surface area (Å²) < 4.78 is 4.47. The van der Waals surface area contributed by atoms with Gasteiger partial charge in [-0.15, -0.1) is 0 Å². The molecule has 0 N–H and O–H groups in total.